The number of nitrogens with one attached hydrogen (secondary N) is 2. The number of nitrogens with zero attached hydrogens (tertiary/aromatic N) is 2. The molecule has 1 aliphatic rings. The molecule has 4 N–H and O–H groups in total. The van der Waals surface area contributed by atoms with Crippen LogP contribution in [-0.4, -0.2) is 58.1 Å². The molecule has 0 saturated carbocycles. The third-order valence-corrected chi connectivity index (χ3v) is 5.64. The predicted molar refractivity (Wildman–Crippen MR) is 124 cm³/mol. The van der Waals surface area contributed by atoms with E-state index in [0.717, 1.165) is 0 Å². The predicted octanol–water partition coefficient (Wildman–Crippen LogP) is 0.503. The van der Waals surface area contributed by atoms with Crippen LogP contribution in [-0.2, 0) is 30.1 Å². The monoisotopic (exact) mass is 528 g/mol. The molecule has 188 valence electrons. The Morgan fingerprint density at radius 2 is 1.89 bits per heavy atom. The molecule has 1 fully saturated rings. The molecule has 3 amide bonds. The molecule has 2 heterocycles. The van der Waals surface area contributed by atoms with E-state index in [1.54, 1.807) is 19.2 Å². The fourth-order valence-corrected chi connectivity index (χ4v) is 3.61. The Balaban J connectivity index is 1.70. The maximum atomic E-state index is 12.0. The second-order valence-corrected chi connectivity index (χ2v) is 8.84. The average Bonchev–Trinajstić information content (AvgIpc) is 3.10. The van der Waals surface area contributed by atoms with Gasteiger partial charge in [-0.25, -0.2) is 14.2 Å². The molecule has 16 heteroatoms. The van der Waals surface area contributed by atoms with E-state index in [9.17, 15) is 23.7 Å². The minimum Gasteiger partial charge on any atom is -0.423 e. The number of amides is 3. The number of carbonyl (C=O) groups excluding carboxylic acids is 3. The van der Waals surface area contributed by atoms with Crippen molar-refractivity contribution in [3.8, 4) is 0 Å². The summed E-state index contributed by atoms with van der Waals surface area (Å²) in [5.41, 5.74) is 0.543. The normalized spacial score (nSPS) is 13.7. The first-order valence-corrected chi connectivity index (χ1v) is 12.0. The van der Waals surface area contributed by atoms with Crippen molar-refractivity contribution in [2.75, 3.05) is 25.1 Å². The van der Waals surface area contributed by atoms with E-state index >= 15 is 0 Å². The average molecular weight is 528 g/mol. The van der Waals surface area contributed by atoms with Crippen molar-refractivity contribution in [1.29, 1.82) is 0 Å². The van der Waals surface area contributed by atoms with Crippen molar-refractivity contribution in [2.24, 2.45) is 0 Å². The Morgan fingerprint density at radius 3 is 2.54 bits per heavy atom. The minimum atomic E-state index is -4.61. The summed E-state index contributed by atoms with van der Waals surface area (Å²) in [5, 5.41) is 6.23. The number of hydrogen-bond donors (Lipinski definition) is 4. The van der Waals surface area contributed by atoms with E-state index in [4.69, 9.17) is 31.3 Å². The lowest BCUT2D eigenvalue weighted by Gasteiger charge is -2.22. The second-order valence-electron chi connectivity index (χ2n) is 7.21. The first kappa shape index (κ1) is 26.2. The smallest absolute Gasteiger partial charge is 0.423 e. The van der Waals surface area contributed by atoms with Gasteiger partial charge < -0.3 is 34.6 Å². The van der Waals surface area contributed by atoms with Crippen LogP contribution in [0.1, 0.15) is 18.4 Å². The van der Waals surface area contributed by atoms with Crippen LogP contribution in [0.25, 0.3) is 11.0 Å². The maximum Gasteiger partial charge on any atom is 0.469 e. The van der Waals surface area contributed by atoms with Crippen molar-refractivity contribution in [3.05, 3.63) is 40.2 Å². The molecule has 0 atom stereocenters. The molecule has 0 bridgehead atoms. The number of phosphoric ester groups is 1. The van der Waals surface area contributed by atoms with Gasteiger partial charge in [0.25, 0.3) is 11.8 Å². The highest BCUT2D eigenvalue weighted by atomic mass is 32.1. The highest BCUT2D eigenvalue weighted by Crippen LogP contribution is 2.35. The van der Waals surface area contributed by atoms with Gasteiger partial charge in [-0.15, -0.1) is 5.06 Å². The number of thiocarbonyl (C=S) groups is 1. The first-order valence-electron chi connectivity index (χ1n) is 10.0. The van der Waals surface area contributed by atoms with Gasteiger partial charge in [0.05, 0.1) is 12.3 Å². The van der Waals surface area contributed by atoms with Crippen LogP contribution < -0.4 is 21.2 Å². The van der Waals surface area contributed by atoms with Crippen LogP contribution in [0.2, 0.25) is 0 Å². The summed E-state index contributed by atoms with van der Waals surface area (Å²) in [6.07, 6.45) is -1.04. The van der Waals surface area contributed by atoms with Gasteiger partial charge >= 0.3 is 19.5 Å². The molecule has 0 unspecified atom stereocenters. The van der Waals surface area contributed by atoms with Crippen LogP contribution in [0.15, 0.2) is 33.5 Å². The van der Waals surface area contributed by atoms with Gasteiger partial charge in [0.15, 0.2) is 5.11 Å². The van der Waals surface area contributed by atoms with E-state index in [1.165, 1.54) is 17.0 Å². The number of rotatable bonds is 8. The van der Waals surface area contributed by atoms with E-state index in [0.29, 0.717) is 21.7 Å². The van der Waals surface area contributed by atoms with Crippen LogP contribution in [0.3, 0.4) is 0 Å². The van der Waals surface area contributed by atoms with Crippen LogP contribution in [0, 0.1) is 0 Å². The molecule has 1 aromatic carbocycles. The van der Waals surface area contributed by atoms with Gasteiger partial charge in [-0.2, -0.15) is 0 Å². The zero-order valence-corrected chi connectivity index (χ0v) is 20.0. The van der Waals surface area contributed by atoms with Crippen molar-refractivity contribution in [3.63, 3.8) is 0 Å². The van der Waals surface area contributed by atoms with Crippen LogP contribution in [0.5, 0.6) is 0 Å². The van der Waals surface area contributed by atoms with Crippen LogP contribution in [0.4, 0.5) is 10.5 Å². The number of phosphoric acid groups is 1. The van der Waals surface area contributed by atoms with Crippen molar-refractivity contribution < 1.29 is 42.5 Å². The number of benzene rings is 1. The molecule has 1 aliphatic heterocycles. The molecule has 0 radical (unpaired) electrons. The Kier molecular flexibility index (Phi) is 8.19. The van der Waals surface area contributed by atoms with Gasteiger partial charge in [0, 0.05) is 44.4 Å². The molecule has 2 aromatic rings. The molecule has 1 saturated heterocycles. The summed E-state index contributed by atoms with van der Waals surface area (Å²) < 4.78 is 20.3. The molecule has 0 spiro atoms. The molecular formula is C19H21N4O10PS. The summed E-state index contributed by atoms with van der Waals surface area (Å²) in [6.45, 7) is -0.348. The number of hydroxylamine groups is 2. The number of imide groups is 1. The Labute approximate surface area is 203 Å². The molecule has 35 heavy (non-hydrogen) atoms. The molecular weight excluding hydrogens is 507 g/mol. The van der Waals surface area contributed by atoms with Gasteiger partial charge in [0.2, 0.25) is 0 Å². The third kappa shape index (κ3) is 7.07. The minimum absolute atomic E-state index is 0.00698. The van der Waals surface area contributed by atoms with Gasteiger partial charge in [-0.05, 0) is 29.9 Å². The van der Waals surface area contributed by atoms with Gasteiger partial charge in [-0.3, -0.25) is 14.1 Å². The first-order chi connectivity index (χ1) is 16.4. The fraction of sp³-hybridized carbons (Fsp3) is 0.316. The lowest BCUT2D eigenvalue weighted by atomic mass is 10.1. The van der Waals surface area contributed by atoms with Gasteiger partial charge in [-0.1, -0.05) is 6.07 Å². The van der Waals surface area contributed by atoms with E-state index in [1.807, 2.05) is 0 Å². The maximum absolute atomic E-state index is 12.0. The number of anilines is 1. The largest absolute Gasteiger partial charge is 0.469 e. The number of hydrogen-bond acceptors (Lipinski definition) is 9. The molecule has 0 aliphatic carbocycles. The highest BCUT2D eigenvalue weighted by Gasteiger charge is 2.32. The SMILES string of the molecule is CN(C(=S)NCCOP(=O)(O)O)c1cc(=O)oc2ccc(CNC(=O)ON3C(=O)CCC3=O)cc12. The summed E-state index contributed by atoms with van der Waals surface area (Å²) in [7, 11) is -3.04. The zero-order chi connectivity index (χ0) is 25.8. The quantitative estimate of drug-likeness (QED) is 0.122. The molecule has 14 nitrogen and oxygen atoms in total. The Morgan fingerprint density at radius 1 is 1.20 bits per heavy atom. The standard InChI is InChI=1S/C19H21N4O10PS/c1-22(18(35)20-6-7-31-34(28,29)30)13-9-17(26)32-14-3-2-11(8-12(13)14)10-21-19(27)33-23-15(24)4-5-16(23)25/h2-3,8-9H,4-7,10H2,1H3,(H,20,35)(H,21,27)(H2,28,29,30). The Hall–Kier alpha value is -3.36. The lowest BCUT2D eigenvalue weighted by molar-refractivity contribution is -0.171. The number of fused-ring (bicyclic) bond motifs is 1. The van der Waals surface area contributed by atoms with E-state index in [-0.39, 0.29) is 43.2 Å². The van der Waals surface area contributed by atoms with Crippen LogP contribution >= 0.6 is 20.0 Å². The topological polar surface area (TPSA) is 188 Å². The summed E-state index contributed by atoms with van der Waals surface area (Å²) in [6, 6.07) is 5.96. The van der Waals surface area contributed by atoms with E-state index in [2.05, 4.69) is 15.2 Å². The van der Waals surface area contributed by atoms with Crippen molar-refractivity contribution in [2.45, 2.75) is 19.4 Å². The number of carbonyl (C=O) groups is 3. The fourth-order valence-electron chi connectivity index (χ4n) is 3.08. The lowest BCUT2D eigenvalue weighted by Crippen LogP contribution is -2.39. The third-order valence-electron chi connectivity index (χ3n) is 4.71. The molecule has 3 rings (SSSR count). The Bertz CT molecular complexity index is 1260. The summed E-state index contributed by atoms with van der Waals surface area (Å²) in [5.74, 6) is -1.20. The van der Waals surface area contributed by atoms with Gasteiger partial charge in [0.1, 0.15) is 5.58 Å². The molecule has 1 aromatic heterocycles. The van der Waals surface area contributed by atoms with Crippen molar-refractivity contribution >= 4 is 59.7 Å². The van der Waals surface area contributed by atoms with E-state index < -0.39 is 31.4 Å². The van der Waals surface area contributed by atoms with Crippen molar-refractivity contribution in [1.82, 2.24) is 15.7 Å². The second kappa shape index (κ2) is 10.9. The zero-order valence-electron chi connectivity index (χ0n) is 18.3. The summed E-state index contributed by atoms with van der Waals surface area (Å²) >= 11 is 5.28. The highest BCUT2D eigenvalue weighted by molar-refractivity contribution is 7.80. The summed E-state index contributed by atoms with van der Waals surface area (Å²) in [4.78, 5) is 70.8.